The number of nitrogens with zero attached hydrogens (tertiary/aromatic N) is 3. The van der Waals surface area contributed by atoms with Crippen LogP contribution in [0, 0.1) is 24.1 Å². The van der Waals surface area contributed by atoms with E-state index in [1.165, 1.54) is 16.8 Å². The maximum Gasteiger partial charge on any atom is 0.204 e. The molecule has 90 valence electrons. The number of para-hydroxylation sites is 1. The van der Waals surface area contributed by atoms with Gasteiger partial charge in [0.05, 0.1) is 12.5 Å². The predicted octanol–water partition coefficient (Wildman–Crippen LogP) is 1.75. The molecule has 0 bridgehead atoms. The van der Waals surface area contributed by atoms with Crippen LogP contribution in [-0.2, 0) is 6.42 Å². The fourth-order valence-electron chi connectivity index (χ4n) is 1.65. The van der Waals surface area contributed by atoms with Gasteiger partial charge < -0.3 is 0 Å². The van der Waals surface area contributed by atoms with Gasteiger partial charge in [-0.1, -0.05) is 12.1 Å². The molecule has 4 nitrogen and oxygen atoms in total. The third-order valence-electron chi connectivity index (χ3n) is 2.51. The first kappa shape index (κ1) is 12.0. The predicted molar refractivity (Wildman–Crippen MR) is 63.8 cm³/mol. The minimum Gasteiger partial charge on any atom is -0.288 e. The summed E-state index contributed by atoms with van der Waals surface area (Å²) in [7, 11) is 0. The van der Waals surface area contributed by atoms with E-state index in [2.05, 4.69) is 5.10 Å². The zero-order valence-electron chi connectivity index (χ0n) is 9.72. The average Bonchev–Trinajstić information content (AvgIpc) is 2.34. The molecule has 0 saturated heterocycles. The van der Waals surface area contributed by atoms with Crippen LogP contribution in [0.5, 0.6) is 0 Å². The van der Waals surface area contributed by atoms with Gasteiger partial charge in [0.2, 0.25) is 5.43 Å². The fourth-order valence-corrected chi connectivity index (χ4v) is 1.65. The Morgan fingerprint density at radius 3 is 2.83 bits per heavy atom. The lowest BCUT2D eigenvalue weighted by molar-refractivity contribution is 0.603. The quantitative estimate of drug-likeness (QED) is 0.807. The van der Waals surface area contributed by atoms with Crippen LogP contribution in [0.2, 0.25) is 0 Å². The largest absolute Gasteiger partial charge is 0.288 e. The maximum atomic E-state index is 13.7. The molecule has 5 heteroatoms. The Bertz CT molecular complexity index is 685. The molecule has 0 N–H and O–H groups in total. The number of aromatic nitrogens is 2. The monoisotopic (exact) mass is 243 g/mol. The second kappa shape index (κ2) is 4.80. The Hall–Kier alpha value is -2.48. The van der Waals surface area contributed by atoms with Crippen molar-refractivity contribution in [2.75, 3.05) is 0 Å². The lowest BCUT2D eigenvalue weighted by Crippen LogP contribution is -2.19. The third-order valence-corrected chi connectivity index (χ3v) is 2.51. The van der Waals surface area contributed by atoms with Crippen molar-refractivity contribution in [2.45, 2.75) is 13.3 Å². The van der Waals surface area contributed by atoms with Crippen LogP contribution in [0.25, 0.3) is 5.69 Å². The SMILES string of the molecule is Cc1cc(=O)c(CC#N)nn1-c1ccccc1F. The molecule has 18 heavy (non-hydrogen) atoms. The molecule has 0 fully saturated rings. The summed E-state index contributed by atoms with van der Waals surface area (Å²) in [6.45, 7) is 1.66. The summed E-state index contributed by atoms with van der Waals surface area (Å²) in [6.07, 6.45) is -0.0897. The summed E-state index contributed by atoms with van der Waals surface area (Å²) in [5.74, 6) is -0.431. The Labute approximate surface area is 103 Å². The van der Waals surface area contributed by atoms with E-state index in [4.69, 9.17) is 5.26 Å². The summed E-state index contributed by atoms with van der Waals surface area (Å²) in [5.41, 5.74) is 0.592. The highest BCUT2D eigenvalue weighted by molar-refractivity contribution is 5.34. The van der Waals surface area contributed by atoms with Gasteiger partial charge in [-0.05, 0) is 19.1 Å². The van der Waals surface area contributed by atoms with Crippen molar-refractivity contribution in [3.05, 3.63) is 57.8 Å². The molecule has 0 aliphatic carbocycles. The second-order valence-electron chi connectivity index (χ2n) is 3.79. The van der Waals surface area contributed by atoms with Crippen molar-refractivity contribution in [3.8, 4) is 11.8 Å². The fraction of sp³-hybridized carbons (Fsp3) is 0.154. The zero-order valence-corrected chi connectivity index (χ0v) is 9.72. The second-order valence-corrected chi connectivity index (χ2v) is 3.79. The van der Waals surface area contributed by atoms with Crippen LogP contribution < -0.4 is 5.43 Å². The minimum atomic E-state index is -0.431. The lowest BCUT2D eigenvalue weighted by Gasteiger charge is -2.10. The summed E-state index contributed by atoms with van der Waals surface area (Å²) in [5, 5.41) is 12.7. The molecule has 0 saturated carbocycles. The summed E-state index contributed by atoms with van der Waals surface area (Å²) >= 11 is 0. The van der Waals surface area contributed by atoms with E-state index in [1.54, 1.807) is 25.1 Å². The molecule has 0 amide bonds. The van der Waals surface area contributed by atoms with E-state index >= 15 is 0 Å². The number of hydrogen-bond acceptors (Lipinski definition) is 3. The van der Waals surface area contributed by atoms with Crippen molar-refractivity contribution in [2.24, 2.45) is 0 Å². The molecule has 0 spiro atoms. The Balaban J connectivity index is 2.66. The Kier molecular flexibility index (Phi) is 3.20. The molecule has 0 aliphatic heterocycles. The van der Waals surface area contributed by atoms with Crippen LogP contribution >= 0.6 is 0 Å². The van der Waals surface area contributed by atoms with E-state index in [1.807, 2.05) is 6.07 Å². The third kappa shape index (κ3) is 2.13. The van der Waals surface area contributed by atoms with Crippen LogP contribution in [0.4, 0.5) is 4.39 Å². The van der Waals surface area contributed by atoms with Crippen molar-refractivity contribution >= 4 is 0 Å². The highest BCUT2D eigenvalue weighted by Gasteiger charge is 2.10. The highest BCUT2D eigenvalue weighted by Crippen LogP contribution is 2.12. The van der Waals surface area contributed by atoms with Crippen LogP contribution in [0.3, 0.4) is 0 Å². The lowest BCUT2D eigenvalue weighted by atomic mass is 10.2. The number of hydrogen-bond donors (Lipinski definition) is 0. The molecule has 0 aliphatic rings. The normalized spacial score (nSPS) is 10.1. The van der Waals surface area contributed by atoms with E-state index in [9.17, 15) is 9.18 Å². The smallest absolute Gasteiger partial charge is 0.204 e. The van der Waals surface area contributed by atoms with Gasteiger partial charge in [0.25, 0.3) is 0 Å². The summed E-state index contributed by atoms with van der Waals surface area (Å²) in [6, 6.07) is 9.36. The van der Waals surface area contributed by atoms with Gasteiger partial charge in [0, 0.05) is 11.8 Å². The molecular weight excluding hydrogens is 233 g/mol. The van der Waals surface area contributed by atoms with E-state index in [-0.39, 0.29) is 23.2 Å². The molecule has 1 aromatic carbocycles. The molecule has 2 aromatic rings. The summed E-state index contributed by atoms with van der Waals surface area (Å²) < 4.78 is 15.0. The first-order valence-corrected chi connectivity index (χ1v) is 5.35. The first-order chi connectivity index (χ1) is 8.63. The number of benzene rings is 1. The van der Waals surface area contributed by atoms with Crippen molar-refractivity contribution in [1.82, 2.24) is 9.78 Å². The van der Waals surface area contributed by atoms with Gasteiger partial charge in [-0.3, -0.25) is 4.79 Å². The maximum absolute atomic E-state index is 13.7. The van der Waals surface area contributed by atoms with Crippen molar-refractivity contribution in [1.29, 1.82) is 5.26 Å². The van der Waals surface area contributed by atoms with Gasteiger partial charge in [-0.2, -0.15) is 10.4 Å². The van der Waals surface area contributed by atoms with Crippen LogP contribution in [0.15, 0.2) is 35.1 Å². The molecule has 0 radical (unpaired) electrons. The van der Waals surface area contributed by atoms with E-state index < -0.39 is 5.82 Å². The molecular formula is C13H10FN3O. The minimum absolute atomic E-state index is 0.0897. The standard InChI is InChI=1S/C13H10FN3O/c1-9-8-13(18)11(6-7-15)16-17(9)12-5-3-2-4-10(12)14/h2-5,8H,6H2,1H3. The molecule has 0 unspecified atom stereocenters. The van der Waals surface area contributed by atoms with Gasteiger partial charge >= 0.3 is 0 Å². The van der Waals surface area contributed by atoms with Crippen molar-refractivity contribution in [3.63, 3.8) is 0 Å². The molecule has 0 atom stereocenters. The average molecular weight is 243 g/mol. The topological polar surface area (TPSA) is 58.7 Å². The summed E-state index contributed by atoms with van der Waals surface area (Å²) in [4.78, 5) is 11.6. The van der Waals surface area contributed by atoms with Crippen LogP contribution in [0.1, 0.15) is 11.4 Å². The van der Waals surface area contributed by atoms with Gasteiger partial charge in [0.15, 0.2) is 0 Å². The van der Waals surface area contributed by atoms with Crippen LogP contribution in [-0.4, -0.2) is 9.78 Å². The number of rotatable bonds is 2. The first-order valence-electron chi connectivity index (χ1n) is 5.35. The van der Waals surface area contributed by atoms with Gasteiger partial charge in [-0.25, -0.2) is 9.07 Å². The van der Waals surface area contributed by atoms with E-state index in [0.29, 0.717) is 5.69 Å². The number of halogens is 1. The van der Waals surface area contributed by atoms with Gasteiger partial charge in [-0.15, -0.1) is 0 Å². The van der Waals surface area contributed by atoms with Gasteiger partial charge in [0.1, 0.15) is 17.2 Å². The number of aryl methyl sites for hydroxylation is 1. The highest BCUT2D eigenvalue weighted by atomic mass is 19.1. The zero-order chi connectivity index (χ0) is 13.1. The Morgan fingerprint density at radius 1 is 1.44 bits per heavy atom. The van der Waals surface area contributed by atoms with E-state index in [0.717, 1.165) is 0 Å². The molecule has 1 heterocycles. The Morgan fingerprint density at radius 2 is 2.17 bits per heavy atom. The number of nitriles is 1. The molecule has 2 rings (SSSR count). The molecule has 1 aromatic heterocycles. The van der Waals surface area contributed by atoms with Crippen molar-refractivity contribution < 1.29 is 4.39 Å².